The fourth-order valence-corrected chi connectivity index (χ4v) is 3.80. The van der Waals surface area contributed by atoms with E-state index < -0.39 is 0 Å². The molecule has 5 heteroatoms. The largest absolute Gasteiger partial charge is 0.469 e. The Morgan fingerprint density at radius 3 is 2.56 bits per heavy atom. The Labute approximate surface area is 150 Å². The van der Waals surface area contributed by atoms with E-state index in [1.165, 1.54) is 20.0 Å². The van der Waals surface area contributed by atoms with Gasteiger partial charge in [0.25, 0.3) is 0 Å². The lowest BCUT2D eigenvalue weighted by atomic mass is 9.73. The zero-order valence-electron chi connectivity index (χ0n) is 15.5. The molecule has 0 aromatic heterocycles. The van der Waals surface area contributed by atoms with Crippen molar-refractivity contribution in [2.75, 3.05) is 20.3 Å². The van der Waals surface area contributed by atoms with Crippen molar-refractivity contribution in [1.29, 1.82) is 0 Å². The van der Waals surface area contributed by atoms with Crippen molar-refractivity contribution in [3.8, 4) is 0 Å². The maximum Gasteiger partial charge on any atom is 0.307 e. The molecule has 1 fully saturated rings. The lowest BCUT2D eigenvalue weighted by molar-refractivity contribution is -0.143. The van der Waals surface area contributed by atoms with Crippen LogP contribution in [0.2, 0.25) is 0 Å². The van der Waals surface area contributed by atoms with Gasteiger partial charge in [0.15, 0.2) is 0 Å². The van der Waals surface area contributed by atoms with Crippen LogP contribution in [0.1, 0.15) is 51.9 Å². The van der Waals surface area contributed by atoms with Gasteiger partial charge in [-0.3, -0.25) is 9.59 Å². The molecule has 0 amide bonds. The topological polar surface area (TPSA) is 64.6 Å². The first kappa shape index (κ1) is 19.5. The maximum absolute atomic E-state index is 11.4. The third-order valence-electron chi connectivity index (χ3n) is 5.28. The lowest BCUT2D eigenvalue weighted by Gasteiger charge is -2.33. The molecule has 0 heterocycles. The van der Waals surface area contributed by atoms with Crippen LogP contribution in [0, 0.1) is 17.8 Å². The summed E-state index contributed by atoms with van der Waals surface area (Å²) in [5.74, 6) is 1.56. The molecular weight excluding hydrogens is 318 g/mol. The minimum Gasteiger partial charge on any atom is -0.469 e. The fraction of sp³-hybridized carbons (Fsp3) is 0.700. The molecule has 0 radical (unpaired) electrons. The molecule has 1 saturated carbocycles. The third kappa shape index (κ3) is 6.56. The van der Waals surface area contributed by atoms with Crippen LogP contribution in [0.25, 0.3) is 0 Å². The van der Waals surface area contributed by atoms with Gasteiger partial charge in [0.05, 0.1) is 20.1 Å². The van der Waals surface area contributed by atoms with Crippen molar-refractivity contribution < 1.29 is 19.1 Å². The predicted molar refractivity (Wildman–Crippen MR) is 96.7 cm³/mol. The predicted octanol–water partition coefficient (Wildman–Crippen LogP) is 3.36. The number of rotatable bonds is 8. The zero-order chi connectivity index (χ0) is 18.1. The standard InChI is InChI=1S/C20H31NO4/c1-3-25-19(22)12-13-21-18-10-8-17(9-11-18)16-6-4-15(5-7-16)14-20(23)24-2/h8,10-11,15-17,21H,3-7,9,12-14H2,1-2H3/t15?,16?,17-/m0/s1. The molecule has 0 bridgehead atoms. The van der Waals surface area contributed by atoms with Gasteiger partial charge in [-0.15, -0.1) is 0 Å². The highest BCUT2D eigenvalue weighted by atomic mass is 16.5. The fourth-order valence-electron chi connectivity index (χ4n) is 3.80. The van der Waals surface area contributed by atoms with Gasteiger partial charge in [-0.2, -0.15) is 0 Å². The van der Waals surface area contributed by atoms with E-state index in [1.54, 1.807) is 0 Å². The summed E-state index contributed by atoms with van der Waals surface area (Å²) in [7, 11) is 1.46. The van der Waals surface area contributed by atoms with E-state index in [4.69, 9.17) is 9.47 Å². The first-order valence-corrected chi connectivity index (χ1v) is 9.47. The van der Waals surface area contributed by atoms with E-state index in [0.29, 0.717) is 43.7 Å². The van der Waals surface area contributed by atoms with Crippen LogP contribution in [0.4, 0.5) is 0 Å². The number of esters is 2. The van der Waals surface area contributed by atoms with Crippen molar-refractivity contribution in [1.82, 2.24) is 5.32 Å². The van der Waals surface area contributed by atoms with Crippen LogP contribution >= 0.6 is 0 Å². The number of carbonyl (C=O) groups excluding carboxylic acids is 2. The van der Waals surface area contributed by atoms with Gasteiger partial charge < -0.3 is 14.8 Å². The quantitative estimate of drug-likeness (QED) is 0.681. The Balaban J connectivity index is 1.66. The number of allylic oxidation sites excluding steroid dienone is 3. The van der Waals surface area contributed by atoms with Crippen LogP contribution < -0.4 is 5.32 Å². The molecule has 2 aliphatic carbocycles. The summed E-state index contributed by atoms with van der Waals surface area (Å²) in [6, 6.07) is 0. The second kappa shape index (κ2) is 10.3. The summed E-state index contributed by atoms with van der Waals surface area (Å²) in [4.78, 5) is 22.7. The minimum absolute atomic E-state index is 0.0810. The van der Waals surface area contributed by atoms with E-state index in [1.807, 2.05) is 6.92 Å². The SMILES string of the molecule is CCOC(=O)CCNC1=CC[C@@H](C2CCC(CC(=O)OC)CC2)C=C1. The first-order valence-electron chi connectivity index (χ1n) is 9.47. The Kier molecular flexibility index (Phi) is 8.02. The second-order valence-corrected chi connectivity index (χ2v) is 6.96. The molecular formula is C20H31NO4. The molecule has 2 rings (SSSR count). The van der Waals surface area contributed by atoms with E-state index in [9.17, 15) is 9.59 Å². The van der Waals surface area contributed by atoms with Crippen LogP contribution in [0.5, 0.6) is 0 Å². The van der Waals surface area contributed by atoms with Crippen molar-refractivity contribution in [2.45, 2.75) is 51.9 Å². The molecule has 0 saturated heterocycles. The van der Waals surface area contributed by atoms with Gasteiger partial charge in [-0.1, -0.05) is 12.2 Å². The smallest absolute Gasteiger partial charge is 0.307 e. The third-order valence-corrected chi connectivity index (χ3v) is 5.28. The molecule has 140 valence electrons. The highest BCUT2D eigenvalue weighted by Crippen LogP contribution is 2.38. The van der Waals surface area contributed by atoms with Crippen molar-refractivity contribution >= 4 is 11.9 Å². The number of hydrogen-bond donors (Lipinski definition) is 1. The second-order valence-electron chi connectivity index (χ2n) is 6.96. The van der Waals surface area contributed by atoms with E-state index in [-0.39, 0.29) is 11.9 Å². The van der Waals surface area contributed by atoms with E-state index in [0.717, 1.165) is 25.0 Å². The van der Waals surface area contributed by atoms with Crippen molar-refractivity contribution in [2.24, 2.45) is 17.8 Å². The summed E-state index contributed by atoms with van der Waals surface area (Å²) in [5, 5.41) is 3.29. The molecule has 1 N–H and O–H groups in total. The van der Waals surface area contributed by atoms with Gasteiger partial charge in [0, 0.05) is 18.7 Å². The van der Waals surface area contributed by atoms with Crippen LogP contribution in [0.15, 0.2) is 23.9 Å². The monoisotopic (exact) mass is 349 g/mol. The normalized spacial score (nSPS) is 25.8. The van der Waals surface area contributed by atoms with Gasteiger partial charge >= 0.3 is 11.9 Å². The number of ether oxygens (including phenoxy) is 2. The average molecular weight is 349 g/mol. The lowest BCUT2D eigenvalue weighted by Crippen LogP contribution is -2.24. The van der Waals surface area contributed by atoms with Gasteiger partial charge in [0.2, 0.25) is 0 Å². The minimum atomic E-state index is -0.156. The highest BCUT2D eigenvalue weighted by Gasteiger charge is 2.28. The summed E-state index contributed by atoms with van der Waals surface area (Å²) >= 11 is 0. The van der Waals surface area contributed by atoms with Crippen LogP contribution in [-0.2, 0) is 19.1 Å². The number of carbonyl (C=O) groups is 2. The number of hydrogen-bond acceptors (Lipinski definition) is 5. The Bertz CT molecular complexity index is 504. The van der Waals surface area contributed by atoms with Gasteiger partial charge in [0.1, 0.15) is 0 Å². The summed E-state index contributed by atoms with van der Waals surface area (Å²) in [6.45, 7) is 2.87. The molecule has 25 heavy (non-hydrogen) atoms. The molecule has 0 aromatic rings. The molecule has 1 atom stereocenters. The first-order chi connectivity index (χ1) is 12.1. The number of methoxy groups -OCH3 is 1. The van der Waals surface area contributed by atoms with Gasteiger partial charge in [-0.25, -0.2) is 0 Å². The molecule has 0 aliphatic heterocycles. The Morgan fingerprint density at radius 1 is 1.20 bits per heavy atom. The Morgan fingerprint density at radius 2 is 1.96 bits per heavy atom. The number of nitrogens with one attached hydrogen (secondary N) is 1. The van der Waals surface area contributed by atoms with Crippen LogP contribution in [-0.4, -0.2) is 32.2 Å². The van der Waals surface area contributed by atoms with Crippen molar-refractivity contribution in [3.05, 3.63) is 23.9 Å². The molecule has 0 aromatic carbocycles. The molecule has 0 spiro atoms. The molecule has 5 nitrogen and oxygen atoms in total. The van der Waals surface area contributed by atoms with Crippen LogP contribution in [0.3, 0.4) is 0 Å². The van der Waals surface area contributed by atoms with E-state index >= 15 is 0 Å². The highest BCUT2D eigenvalue weighted by molar-refractivity contribution is 5.69. The molecule has 2 aliphatic rings. The van der Waals surface area contributed by atoms with Gasteiger partial charge in [-0.05, 0) is 62.9 Å². The maximum atomic E-state index is 11.4. The Hall–Kier alpha value is -1.78. The molecule has 0 unspecified atom stereocenters. The average Bonchev–Trinajstić information content (AvgIpc) is 2.63. The van der Waals surface area contributed by atoms with E-state index in [2.05, 4.69) is 23.5 Å². The summed E-state index contributed by atoms with van der Waals surface area (Å²) in [6.07, 6.45) is 13.3. The zero-order valence-corrected chi connectivity index (χ0v) is 15.5. The summed E-state index contributed by atoms with van der Waals surface area (Å²) in [5.41, 5.74) is 1.10. The summed E-state index contributed by atoms with van der Waals surface area (Å²) < 4.78 is 9.70. The van der Waals surface area contributed by atoms with Crippen molar-refractivity contribution in [3.63, 3.8) is 0 Å².